The van der Waals surface area contributed by atoms with Crippen molar-refractivity contribution in [3.8, 4) is 16.9 Å². The number of carbonyl (C=O) groups excluding carboxylic acids is 1. The number of benzene rings is 2. The Morgan fingerprint density at radius 3 is 2.60 bits per heavy atom. The fourth-order valence-electron chi connectivity index (χ4n) is 2.54. The summed E-state index contributed by atoms with van der Waals surface area (Å²) in [4.78, 5) is 11.8. The number of esters is 1. The zero-order valence-corrected chi connectivity index (χ0v) is 15.3. The van der Waals surface area contributed by atoms with E-state index in [1.54, 1.807) is 13.8 Å². The molecule has 2 rings (SSSR count). The van der Waals surface area contributed by atoms with Crippen molar-refractivity contribution >= 4 is 17.7 Å². The Balaban J connectivity index is 2.40. The highest BCUT2D eigenvalue weighted by molar-refractivity contribution is 5.93. The monoisotopic (exact) mass is 339 g/mol. The second kappa shape index (κ2) is 8.92. The molecule has 0 spiro atoms. The second-order valence-electron chi connectivity index (χ2n) is 5.57. The van der Waals surface area contributed by atoms with E-state index in [1.807, 2.05) is 50.4 Å². The first-order valence-electron chi connectivity index (χ1n) is 8.49. The summed E-state index contributed by atoms with van der Waals surface area (Å²) in [6.45, 7) is 6.45. The van der Waals surface area contributed by atoms with Crippen LogP contribution in [0.4, 0.5) is 5.69 Å². The number of nitrogens with one attached hydrogen (secondary N) is 1. The van der Waals surface area contributed by atoms with E-state index in [-0.39, 0.29) is 5.97 Å². The molecule has 132 valence electrons. The highest BCUT2D eigenvalue weighted by Gasteiger charge is 2.09. The number of hydrogen-bond donors (Lipinski definition) is 1. The molecule has 0 amide bonds. The van der Waals surface area contributed by atoms with E-state index < -0.39 is 0 Å². The van der Waals surface area contributed by atoms with E-state index >= 15 is 0 Å². The molecular weight excluding hydrogens is 314 g/mol. The molecule has 2 aromatic rings. The van der Waals surface area contributed by atoms with Crippen LogP contribution in [0.3, 0.4) is 0 Å². The Morgan fingerprint density at radius 1 is 1.12 bits per heavy atom. The summed E-state index contributed by atoms with van der Waals surface area (Å²) in [5.74, 6) is 0.493. The lowest BCUT2D eigenvalue weighted by Crippen LogP contribution is -2.04. The molecular formula is C21H25NO3. The molecule has 0 aromatic heterocycles. The van der Waals surface area contributed by atoms with Crippen LogP contribution in [0.1, 0.15) is 26.3 Å². The Labute approximate surface area is 149 Å². The summed E-state index contributed by atoms with van der Waals surface area (Å²) in [6, 6.07) is 14.1. The van der Waals surface area contributed by atoms with Gasteiger partial charge >= 0.3 is 5.97 Å². The van der Waals surface area contributed by atoms with Gasteiger partial charge in [0.1, 0.15) is 5.75 Å². The van der Waals surface area contributed by atoms with Crippen LogP contribution in [0.2, 0.25) is 0 Å². The van der Waals surface area contributed by atoms with Gasteiger partial charge in [0.15, 0.2) is 0 Å². The fourth-order valence-corrected chi connectivity index (χ4v) is 2.54. The van der Waals surface area contributed by atoms with Gasteiger partial charge in [-0.3, -0.25) is 0 Å². The summed E-state index contributed by atoms with van der Waals surface area (Å²) in [5.41, 5.74) is 4.61. The van der Waals surface area contributed by atoms with Gasteiger partial charge in [-0.15, -0.1) is 0 Å². The molecule has 0 atom stereocenters. The quantitative estimate of drug-likeness (QED) is 0.583. The molecule has 0 aliphatic heterocycles. The van der Waals surface area contributed by atoms with E-state index in [0.717, 1.165) is 28.1 Å². The van der Waals surface area contributed by atoms with Crippen LogP contribution in [0.5, 0.6) is 5.75 Å². The molecule has 0 aliphatic rings. The number of anilines is 1. The van der Waals surface area contributed by atoms with Crippen molar-refractivity contribution in [3.63, 3.8) is 0 Å². The van der Waals surface area contributed by atoms with Gasteiger partial charge in [0, 0.05) is 23.9 Å². The largest absolute Gasteiger partial charge is 0.493 e. The summed E-state index contributed by atoms with van der Waals surface area (Å²) in [5, 5.41) is 3.15. The summed E-state index contributed by atoms with van der Waals surface area (Å²) in [7, 11) is 1.90. The molecule has 0 unspecified atom stereocenters. The van der Waals surface area contributed by atoms with Crippen LogP contribution in [0, 0.1) is 0 Å². The van der Waals surface area contributed by atoms with Crippen molar-refractivity contribution in [2.24, 2.45) is 0 Å². The zero-order chi connectivity index (χ0) is 18.2. The minimum absolute atomic E-state index is 0.300. The third-order valence-corrected chi connectivity index (χ3v) is 3.75. The van der Waals surface area contributed by atoms with Crippen molar-refractivity contribution in [3.05, 3.63) is 53.6 Å². The van der Waals surface area contributed by atoms with Gasteiger partial charge in [0.25, 0.3) is 0 Å². The first kappa shape index (κ1) is 18.6. The molecule has 0 radical (unpaired) electrons. The second-order valence-corrected chi connectivity index (χ2v) is 5.57. The summed E-state index contributed by atoms with van der Waals surface area (Å²) in [6.07, 6.45) is 1.81. The van der Waals surface area contributed by atoms with E-state index in [0.29, 0.717) is 18.8 Å². The Hall–Kier alpha value is -2.75. The maximum absolute atomic E-state index is 11.8. The number of rotatable bonds is 7. The van der Waals surface area contributed by atoms with E-state index in [1.165, 1.54) is 0 Å². The lowest BCUT2D eigenvalue weighted by atomic mass is 10.0. The maximum Gasteiger partial charge on any atom is 0.333 e. The average molecular weight is 339 g/mol. The molecule has 0 heterocycles. The smallest absolute Gasteiger partial charge is 0.333 e. The Kier molecular flexibility index (Phi) is 6.63. The summed E-state index contributed by atoms with van der Waals surface area (Å²) < 4.78 is 10.9. The number of hydrogen-bond acceptors (Lipinski definition) is 4. The predicted molar refractivity (Wildman–Crippen MR) is 103 cm³/mol. The van der Waals surface area contributed by atoms with Crippen molar-refractivity contribution in [2.45, 2.75) is 20.8 Å². The molecule has 0 saturated carbocycles. The minimum Gasteiger partial charge on any atom is -0.493 e. The molecule has 1 N–H and O–H groups in total. The van der Waals surface area contributed by atoms with Crippen LogP contribution in [-0.4, -0.2) is 26.2 Å². The average Bonchev–Trinajstić information content (AvgIpc) is 2.62. The number of ether oxygens (including phenoxy) is 2. The van der Waals surface area contributed by atoms with Crippen LogP contribution in [0.15, 0.2) is 48.0 Å². The summed E-state index contributed by atoms with van der Waals surface area (Å²) >= 11 is 0. The normalized spacial score (nSPS) is 11.1. The molecule has 25 heavy (non-hydrogen) atoms. The lowest BCUT2D eigenvalue weighted by molar-refractivity contribution is -0.138. The van der Waals surface area contributed by atoms with Crippen molar-refractivity contribution < 1.29 is 14.3 Å². The van der Waals surface area contributed by atoms with Crippen molar-refractivity contribution in [1.29, 1.82) is 0 Å². The van der Waals surface area contributed by atoms with Crippen LogP contribution in [0.25, 0.3) is 17.2 Å². The molecule has 4 heteroatoms. The SMILES string of the molecule is CCOC(=O)/C(C)=C/c1ccc(-c2cccc(NC)c2)c(OCC)c1. The van der Waals surface area contributed by atoms with Gasteiger partial charge in [0.2, 0.25) is 0 Å². The van der Waals surface area contributed by atoms with Gasteiger partial charge in [-0.2, -0.15) is 0 Å². The molecule has 0 fully saturated rings. The molecule has 0 bridgehead atoms. The van der Waals surface area contributed by atoms with Gasteiger partial charge in [-0.25, -0.2) is 4.79 Å². The van der Waals surface area contributed by atoms with E-state index in [2.05, 4.69) is 17.4 Å². The minimum atomic E-state index is -0.300. The molecule has 2 aromatic carbocycles. The number of carbonyl (C=O) groups is 1. The highest BCUT2D eigenvalue weighted by Crippen LogP contribution is 2.33. The predicted octanol–water partition coefficient (Wildman–Crippen LogP) is 4.76. The Morgan fingerprint density at radius 2 is 1.92 bits per heavy atom. The third kappa shape index (κ3) is 4.86. The topological polar surface area (TPSA) is 47.6 Å². The van der Waals surface area contributed by atoms with Gasteiger partial charge in [0.05, 0.1) is 13.2 Å². The Bertz CT molecular complexity index is 765. The van der Waals surface area contributed by atoms with Crippen LogP contribution < -0.4 is 10.1 Å². The lowest BCUT2D eigenvalue weighted by Gasteiger charge is -2.13. The van der Waals surface area contributed by atoms with Crippen molar-refractivity contribution in [1.82, 2.24) is 0 Å². The molecule has 0 saturated heterocycles. The molecule has 4 nitrogen and oxygen atoms in total. The van der Waals surface area contributed by atoms with Gasteiger partial charge in [-0.1, -0.05) is 24.3 Å². The highest BCUT2D eigenvalue weighted by atomic mass is 16.5. The first-order valence-corrected chi connectivity index (χ1v) is 8.49. The van der Waals surface area contributed by atoms with Crippen LogP contribution >= 0.6 is 0 Å². The van der Waals surface area contributed by atoms with Crippen LogP contribution in [-0.2, 0) is 9.53 Å². The van der Waals surface area contributed by atoms with E-state index in [9.17, 15) is 4.79 Å². The van der Waals surface area contributed by atoms with Gasteiger partial charge in [-0.05, 0) is 56.2 Å². The standard InChI is InChI=1S/C21H25NO3/c1-5-24-20-13-16(12-15(3)21(23)25-6-2)10-11-19(20)17-8-7-9-18(14-17)22-4/h7-14,22H,5-6H2,1-4H3/b15-12+. The zero-order valence-electron chi connectivity index (χ0n) is 15.3. The molecule has 0 aliphatic carbocycles. The van der Waals surface area contributed by atoms with Gasteiger partial charge < -0.3 is 14.8 Å². The fraction of sp³-hybridized carbons (Fsp3) is 0.286. The third-order valence-electron chi connectivity index (χ3n) is 3.75. The van der Waals surface area contributed by atoms with E-state index in [4.69, 9.17) is 9.47 Å². The van der Waals surface area contributed by atoms with Crippen molar-refractivity contribution in [2.75, 3.05) is 25.6 Å². The maximum atomic E-state index is 11.8. The first-order chi connectivity index (χ1) is 12.1.